The molecule has 0 saturated heterocycles. The summed E-state index contributed by atoms with van der Waals surface area (Å²) in [5.41, 5.74) is 5.58. The van der Waals surface area contributed by atoms with E-state index in [0.717, 1.165) is 11.0 Å². The van der Waals surface area contributed by atoms with Crippen LogP contribution in [0.15, 0.2) is 27.8 Å². The molecule has 0 radical (unpaired) electrons. The topological polar surface area (TPSA) is 60.1 Å². The normalized spacial score (nSPS) is 15.1. The monoisotopic (exact) mass is 481 g/mol. The van der Waals surface area contributed by atoms with Gasteiger partial charge < -0.3 is 20.1 Å². The highest BCUT2D eigenvalue weighted by molar-refractivity contribution is 9.11. The molecule has 0 amide bonds. The average molecular weight is 483 g/mol. The van der Waals surface area contributed by atoms with Crippen molar-refractivity contribution in [2.75, 3.05) is 33.9 Å². The van der Waals surface area contributed by atoms with Gasteiger partial charge in [0.25, 0.3) is 0 Å². The average Bonchev–Trinajstić information content (AvgIpc) is 2.71. The lowest BCUT2D eigenvalue weighted by Gasteiger charge is -2.21. The Hall–Kier alpha value is -0.920. The van der Waals surface area contributed by atoms with Crippen molar-refractivity contribution in [3.8, 4) is 0 Å². The Morgan fingerprint density at radius 1 is 1.34 bits per heavy atom. The molecular weight excluding hydrogens is 437 g/mol. The third-order valence-corrected chi connectivity index (χ3v) is 4.08. The number of hydrogen-bond donors (Lipinski definition) is 1. The molecule has 2 N–H and O–H groups in total. The minimum Gasteiger partial charge on any atom is -0.403 e. The molecule has 1 saturated carbocycles. The molecule has 7 heteroatoms. The molecule has 1 fully saturated rings. The summed E-state index contributed by atoms with van der Waals surface area (Å²) in [5, 5.41) is 0. The van der Waals surface area contributed by atoms with E-state index in [9.17, 15) is 4.39 Å². The van der Waals surface area contributed by atoms with Crippen LogP contribution in [0.2, 0.25) is 0 Å². The van der Waals surface area contributed by atoms with Crippen LogP contribution in [0.1, 0.15) is 66.7 Å². The van der Waals surface area contributed by atoms with Crippen LogP contribution in [0.5, 0.6) is 0 Å². The lowest BCUT2D eigenvalue weighted by atomic mass is 9.98. The summed E-state index contributed by atoms with van der Waals surface area (Å²) < 4.78 is 22.3. The van der Waals surface area contributed by atoms with E-state index in [1.54, 1.807) is 6.92 Å². The number of alkyl halides is 1. The standard InChI is InChI=1S/C14H25BrN2O.C3H7FO.C3H7N.C2H6/c1-3-17(2)12-16-10-9-13(15)11-18-14-7-5-4-6-8-14;1-3(4)5-2;1-3(2)4;1-2/h9,12,14H,3-8,10-11H2,1-2H3;3H,1-2H3;1,4H2,2H3;1-2H3/b13-9+,16-12?;;;. The van der Waals surface area contributed by atoms with E-state index in [1.165, 1.54) is 46.1 Å². The second-order valence-electron chi connectivity index (χ2n) is 6.40. The molecule has 5 nitrogen and oxygen atoms in total. The van der Waals surface area contributed by atoms with Gasteiger partial charge in [0.15, 0.2) is 6.36 Å². The second-order valence-corrected chi connectivity index (χ2v) is 7.42. The lowest BCUT2D eigenvalue weighted by molar-refractivity contribution is 0.0113. The number of halogens is 2. The highest BCUT2D eigenvalue weighted by Gasteiger charge is 2.13. The first-order chi connectivity index (χ1) is 13.7. The number of nitrogens with zero attached hydrogens (tertiary/aromatic N) is 2. The Bertz CT molecular complexity index is 409. The zero-order valence-electron chi connectivity index (χ0n) is 19.7. The molecule has 174 valence electrons. The largest absolute Gasteiger partial charge is 0.403 e. The number of hydrogen-bond acceptors (Lipinski definition) is 4. The van der Waals surface area contributed by atoms with Crippen LogP contribution in [0.25, 0.3) is 0 Å². The summed E-state index contributed by atoms with van der Waals surface area (Å²) >= 11 is 3.54. The van der Waals surface area contributed by atoms with Gasteiger partial charge in [-0.25, -0.2) is 4.39 Å². The summed E-state index contributed by atoms with van der Waals surface area (Å²) in [5.74, 6) is 0. The predicted molar refractivity (Wildman–Crippen MR) is 129 cm³/mol. The minimum atomic E-state index is -1.12. The van der Waals surface area contributed by atoms with E-state index in [1.807, 2.05) is 27.2 Å². The lowest BCUT2D eigenvalue weighted by Crippen LogP contribution is -2.17. The van der Waals surface area contributed by atoms with E-state index >= 15 is 0 Å². The van der Waals surface area contributed by atoms with E-state index in [2.05, 4.69) is 50.1 Å². The number of ether oxygens (including phenoxy) is 2. The van der Waals surface area contributed by atoms with Crippen molar-refractivity contribution in [1.29, 1.82) is 0 Å². The molecule has 1 aliphatic carbocycles. The minimum absolute atomic E-state index is 0.467. The highest BCUT2D eigenvalue weighted by atomic mass is 79.9. The van der Waals surface area contributed by atoms with Crippen LogP contribution in [-0.4, -0.2) is 57.6 Å². The molecule has 0 spiro atoms. The van der Waals surface area contributed by atoms with Gasteiger partial charge in [-0.15, -0.1) is 0 Å². The Kier molecular flexibility index (Phi) is 28.4. The zero-order valence-corrected chi connectivity index (χ0v) is 21.3. The van der Waals surface area contributed by atoms with E-state index in [0.29, 0.717) is 25.0 Å². The fourth-order valence-corrected chi connectivity index (χ4v) is 2.19. The third kappa shape index (κ3) is 32.0. The van der Waals surface area contributed by atoms with Gasteiger partial charge in [-0.3, -0.25) is 4.99 Å². The van der Waals surface area contributed by atoms with Crippen LogP contribution in [0, 0.1) is 0 Å². The summed E-state index contributed by atoms with van der Waals surface area (Å²) in [4.78, 5) is 6.37. The van der Waals surface area contributed by atoms with Crippen molar-refractivity contribution in [2.45, 2.75) is 79.2 Å². The van der Waals surface area contributed by atoms with Gasteiger partial charge in [0, 0.05) is 25.2 Å². The Morgan fingerprint density at radius 3 is 2.24 bits per heavy atom. The number of nitrogens with two attached hydrogens (primary N) is 1. The molecule has 0 aromatic carbocycles. The first-order valence-corrected chi connectivity index (χ1v) is 11.3. The van der Waals surface area contributed by atoms with Crippen LogP contribution in [-0.2, 0) is 9.47 Å². The van der Waals surface area contributed by atoms with Gasteiger partial charge in [0.05, 0.1) is 25.6 Å². The van der Waals surface area contributed by atoms with Crippen molar-refractivity contribution in [3.63, 3.8) is 0 Å². The molecule has 1 unspecified atom stereocenters. The molecule has 0 aromatic heterocycles. The molecule has 1 atom stereocenters. The first kappa shape index (κ1) is 32.7. The molecular formula is C22H45BrFN3O2. The Morgan fingerprint density at radius 2 is 1.83 bits per heavy atom. The van der Waals surface area contributed by atoms with Crippen molar-refractivity contribution in [1.82, 2.24) is 4.90 Å². The molecule has 0 heterocycles. The van der Waals surface area contributed by atoms with E-state index < -0.39 is 6.36 Å². The molecule has 0 aliphatic heterocycles. The van der Waals surface area contributed by atoms with Crippen molar-refractivity contribution in [3.05, 3.63) is 22.8 Å². The molecule has 0 aromatic rings. The smallest absolute Gasteiger partial charge is 0.195 e. The third-order valence-electron chi connectivity index (χ3n) is 3.53. The first-order valence-electron chi connectivity index (χ1n) is 10.5. The van der Waals surface area contributed by atoms with Gasteiger partial charge >= 0.3 is 0 Å². The zero-order chi connectivity index (χ0) is 23.1. The summed E-state index contributed by atoms with van der Waals surface area (Å²) in [7, 11) is 3.35. The number of allylic oxidation sites excluding steroid dienone is 1. The molecule has 1 aliphatic rings. The Balaban J connectivity index is -0.000000510. The second kappa shape index (κ2) is 25.1. The highest BCUT2D eigenvalue weighted by Crippen LogP contribution is 2.21. The van der Waals surface area contributed by atoms with Gasteiger partial charge in [0.2, 0.25) is 0 Å². The predicted octanol–water partition coefficient (Wildman–Crippen LogP) is 6.05. The maximum atomic E-state index is 11.2. The van der Waals surface area contributed by atoms with Gasteiger partial charge in [0.1, 0.15) is 0 Å². The fourth-order valence-electron chi connectivity index (χ4n) is 1.91. The molecule has 0 bridgehead atoms. The SMILES string of the molecule is C=C(C)N.CC.CCN(C)C=NC/C=C(/Br)COC1CCCCC1.COC(C)F. The van der Waals surface area contributed by atoms with Crippen LogP contribution in [0.4, 0.5) is 4.39 Å². The van der Waals surface area contributed by atoms with Crippen LogP contribution in [0.3, 0.4) is 0 Å². The van der Waals surface area contributed by atoms with Crippen LogP contribution < -0.4 is 5.73 Å². The van der Waals surface area contributed by atoms with Gasteiger partial charge in [-0.1, -0.05) is 61.7 Å². The van der Waals surface area contributed by atoms with E-state index in [4.69, 9.17) is 10.5 Å². The summed E-state index contributed by atoms with van der Waals surface area (Å²) in [6.07, 6.45) is 9.75. The van der Waals surface area contributed by atoms with Crippen molar-refractivity contribution in [2.24, 2.45) is 10.7 Å². The van der Waals surface area contributed by atoms with E-state index in [-0.39, 0.29) is 0 Å². The molecule has 1 rings (SSSR count). The summed E-state index contributed by atoms with van der Waals surface area (Å²) in [6, 6.07) is 0. The number of methoxy groups -OCH3 is 1. The number of rotatable bonds is 8. The van der Waals surface area contributed by atoms with Gasteiger partial charge in [-0.05, 0) is 39.3 Å². The number of aliphatic imine (C=N–C) groups is 1. The van der Waals surface area contributed by atoms with Crippen molar-refractivity contribution >= 4 is 22.3 Å². The maximum Gasteiger partial charge on any atom is 0.195 e. The maximum absolute atomic E-state index is 11.2. The quantitative estimate of drug-likeness (QED) is 0.338. The Labute approximate surface area is 187 Å². The van der Waals surface area contributed by atoms with Crippen LogP contribution >= 0.6 is 15.9 Å². The summed E-state index contributed by atoms with van der Waals surface area (Å²) in [6.45, 7) is 14.9. The van der Waals surface area contributed by atoms with Gasteiger partial charge in [-0.2, -0.15) is 0 Å². The molecule has 29 heavy (non-hydrogen) atoms. The fraction of sp³-hybridized carbons (Fsp3) is 0.773. The van der Waals surface area contributed by atoms with Crippen molar-refractivity contribution < 1.29 is 13.9 Å².